The second-order valence-electron chi connectivity index (χ2n) is 6.43. The molecule has 3 heterocycles. The van der Waals surface area contributed by atoms with Crippen molar-refractivity contribution in [1.29, 1.82) is 0 Å². The summed E-state index contributed by atoms with van der Waals surface area (Å²) in [6, 6.07) is 9.10. The van der Waals surface area contributed by atoms with Gasteiger partial charge in [0.05, 0.1) is 5.39 Å². The monoisotopic (exact) mass is 337 g/mol. The number of aromatic amines is 1. The molecule has 1 aromatic carbocycles. The number of carbonyl (C=O) groups is 1. The number of likely N-dealkylation sites (tertiary alicyclic amines) is 1. The first kappa shape index (κ1) is 15.6. The molecule has 0 saturated carbocycles. The van der Waals surface area contributed by atoms with E-state index < -0.39 is 0 Å². The van der Waals surface area contributed by atoms with Crippen LogP contribution < -0.4 is 5.56 Å². The van der Waals surface area contributed by atoms with Crippen molar-refractivity contribution in [3.8, 4) is 0 Å². The Morgan fingerprint density at radius 3 is 2.80 bits per heavy atom. The number of carbonyl (C=O) groups excluding carboxylic acids is 1. The lowest BCUT2D eigenvalue weighted by Gasteiger charge is -2.32. The van der Waals surface area contributed by atoms with E-state index in [2.05, 4.69) is 15.3 Å². The Kier molecular flexibility index (Phi) is 3.83. The molecule has 0 unspecified atom stereocenters. The number of aryl methyl sites for hydroxylation is 1. The number of aromatic nitrogens is 4. The summed E-state index contributed by atoms with van der Waals surface area (Å²) in [6.07, 6.45) is 3.69. The van der Waals surface area contributed by atoms with Crippen LogP contribution in [0.2, 0.25) is 0 Å². The first-order valence-corrected chi connectivity index (χ1v) is 8.40. The van der Waals surface area contributed by atoms with E-state index in [0.717, 1.165) is 18.5 Å². The molecule has 4 rings (SSSR count). The topological polar surface area (TPSA) is 83.9 Å². The number of nitrogens with one attached hydrogen (secondary N) is 1. The third kappa shape index (κ3) is 2.71. The fraction of sp³-hybridized carbons (Fsp3) is 0.333. The van der Waals surface area contributed by atoms with Gasteiger partial charge in [-0.15, -0.1) is 0 Å². The number of benzene rings is 1. The molecule has 1 atom stereocenters. The molecule has 1 aliphatic heterocycles. The van der Waals surface area contributed by atoms with E-state index >= 15 is 0 Å². The molecular weight excluding hydrogens is 318 g/mol. The highest BCUT2D eigenvalue weighted by Gasteiger charge is 2.28. The van der Waals surface area contributed by atoms with Crippen molar-refractivity contribution in [2.24, 2.45) is 7.05 Å². The Labute approximate surface area is 144 Å². The SMILES string of the molecule is Cn1nc(C(=O)N2CCC[C@@H](c3ccn[nH]3)C2)c2ccccc2c1=O. The van der Waals surface area contributed by atoms with Crippen molar-refractivity contribution < 1.29 is 4.79 Å². The third-order valence-corrected chi connectivity index (χ3v) is 4.83. The molecular formula is C18H19N5O2. The average molecular weight is 337 g/mol. The summed E-state index contributed by atoms with van der Waals surface area (Å²) in [5.41, 5.74) is 1.19. The van der Waals surface area contributed by atoms with Crippen LogP contribution >= 0.6 is 0 Å². The van der Waals surface area contributed by atoms with E-state index in [4.69, 9.17) is 0 Å². The molecule has 1 aliphatic rings. The van der Waals surface area contributed by atoms with E-state index in [0.29, 0.717) is 29.6 Å². The lowest BCUT2D eigenvalue weighted by atomic mass is 9.94. The third-order valence-electron chi connectivity index (χ3n) is 4.83. The second-order valence-corrected chi connectivity index (χ2v) is 6.43. The average Bonchev–Trinajstić information content (AvgIpc) is 3.19. The number of hydrogen-bond acceptors (Lipinski definition) is 4. The Bertz CT molecular complexity index is 977. The molecule has 0 aliphatic carbocycles. The maximum absolute atomic E-state index is 13.1. The molecule has 1 saturated heterocycles. The lowest BCUT2D eigenvalue weighted by molar-refractivity contribution is 0.0699. The minimum Gasteiger partial charge on any atom is -0.337 e. The van der Waals surface area contributed by atoms with Crippen molar-refractivity contribution in [2.45, 2.75) is 18.8 Å². The minimum absolute atomic E-state index is 0.129. The zero-order valence-corrected chi connectivity index (χ0v) is 14.0. The molecule has 1 amide bonds. The number of H-pyrrole nitrogens is 1. The summed E-state index contributed by atoms with van der Waals surface area (Å²) in [7, 11) is 1.58. The number of amides is 1. The Balaban J connectivity index is 1.70. The molecule has 25 heavy (non-hydrogen) atoms. The van der Waals surface area contributed by atoms with Crippen LogP contribution in [0.25, 0.3) is 10.8 Å². The summed E-state index contributed by atoms with van der Waals surface area (Å²) in [4.78, 5) is 27.2. The van der Waals surface area contributed by atoms with E-state index in [9.17, 15) is 9.59 Å². The Hall–Kier alpha value is -2.96. The van der Waals surface area contributed by atoms with Crippen molar-refractivity contribution in [1.82, 2.24) is 24.9 Å². The van der Waals surface area contributed by atoms with Crippen molar-refractivity contribution >= 4 is 16.7 Å². The van der Waals surface area contributed by atoms with Gasteiger partial charge in [-0.25, -0.2) is 4.68 Å². The first-order chi connectivity index (χ1) is 12.1. The molecule has 3 aromatic rings. The van der Waals surface area contributed by atoms with Crippen LogP contribution in [0.1, 0.15) is 34.9 Å². The maximum atomic E-state index is 13.1. The largest absolute Gasteiger partial charge is 0.337 e. The van der Waals surface area contributed by atoms with E-state index in [1.165, 1.54) is 4.68 Å². The van der Waals surface area contributed by atoms with Gasteiger partial charge in [-0.05, 0) is 25.0 Å². The van der Waals surface area contributed by atoms with Gasteiger partial charge >= 0.3 is 0 Å². The number of piperidine rings is 1. The second kappa shape index (κ2) is 6.16. The molecule has 2 aromatic heterocycles. The van der Waals surface area contributed by atoms with Crippen LogP contribution in [0.3, 0.4) is 0 Å². The molecule has 0 bridgehead atoms. The Morgan fingerprint density at radius 2 is 2.04 bits per heavy atom. The number of hydrogen-bond donors (Lipinski definition) is 1. The van der Waals surface area contributed by atoms with Crippen LogP contribution in [-0.4, -0.2) is 43.9 Å². The van der Waals surface area contributed by atoms with Crippen LogP contribution in [-0.2, 0) is 7.05 Å². The fourth-order valence-corrected chi connectivity index (χ4v) is 3.52. The quantitative estimate of drug-likeness (QED) is 0.771. The number of rotatable bonds is 2. The predicted octanol–water partition coefficient (Wildman–Crippen LogP) is 1.68. The highest BCUT2D eigenvalue weighted by Crippen LogP contribution is 2.26. The highest BCUT2D eigenvalue weighted by atomic mass is 16.2. The normalized spacial score (nSPS) is 17.8. The van der Waals surface area contributed by atoms with Crippen molar-refractivity contribution in [3.05, 3.63) is 58.3 Å². The van der Waals surface area contributed by atoms with E-state index in [1.807, 2.05) is 17.0 Å². The zero-order chi connectivity index (χ0) is 17.4. The van der Waals surface area contributed by atoms with Crippen LogP contribution in [0.4, 0.5) is 0 Å². The van der Waals surface area contributed by atoms with Crippen molar-refractivity contribution in [2.75, 3.05) is 13.1 Å². The molecule has 7 nitrogen and oxygen atoms in total. The summed E-state index contributed by atoms with van der Waals surface area (Å²) < 4.78 is 1.24. The smallest absolute Gasteiger partial charge is 0.274 e. The van der Waals surface area contributed by atoms with Gasteiger partial charge in [-0.1, -0.05) is 18.2 Å². The van der Waals surface area contributed by atoms with Crippen LogP contribution in [0.5, 0.6) is 0 Å². The van der Waals surface area contributed by atoms with Gasteiger partial charge in [-0.2, -0.15) is 10.2 Å². The Morgan fingerprint density at radius 1 is 1.24 bits per heavy atom. The van der Waals surface area contributed by atoms with E-state index in [-0.39, 0.29) is 17.4 Å². The summed E-state index contributed by atoms with van der Waals surface area (Å²) in [5.74, 6) is 0.120. The highest BCUT2D eigenvalue weighted by molar-refractivity contribution is 6.04. The molecule has 0 spiro atoms. The van der Waals surface area contributed by atoms with Crippen LogP contribution in [0, 0.1) is 0 Å². The number of nitrogens with zero attached hydrogens (tertiary/aromatic N) is 4. The van der Waals surface area contributed by atoms with Gasteiger partial charge in [0.1, 0.15) is 0 Å². The summed E-state index contributed by atoms with van der Waals surface area (Å²) >= 11 is 0. The maximum Gasteiger partial charge on any atom is 0.274 e. The standard InChI is InChI=1S/C18H19N5O2/c1-22-17(24)14-7-3-2-6-13(14)16(21-22)18(25)23-10-4-5-12(11-23)15-8-9-19-20-15/h2-3,6-9,12H,4-5,10-11H2,1H3,(H,19,20)/t12-/m1/s1. The van der Waals surface area contributed by atoms with Gasteiger partial charge in [0.25, 0.3) is 11.5 Å². The fourth-order valence-electron chi connectivity index (χ4n) is 3.52. The molecule has 0 radical (unpaired) electrons. The lowest BCUT2D eigenvalue weighted by Crippen LogP contribution is -2.40. The van der Waals surface area contributed by atoms with Gasteiger partial charge in [0, 0.05) is 43.3 Å². The van der Waals surface area contributed by atoms with Crippen LogP contribution in [0.15, 0.2) is 41.3 Å². The van der Waals surface area contributed by atoms with Gasteiger partial charge < -0.3 is 4.90 Å². The molecule has 1 fully saturated rings. The van der Waals surface area contributed by atoms with E-state index in [1.54, 1.807) is 31.4 Å². The summed E-state index contributed by atoms with van der Waals surface area (Å²) in [6.45, 7) is 1.32. The molecule has 7 heteroatoms. The van der Waals surface area contributed by atoms with Gasteiger partial charge in [0.2, 0.25) is 0 Å². The summed E-state index contributed by atoms with van der Waals surface area (Å²) in [5, 5.41) is 12.4. The molecule has 128 valence electrons. The first-order valence-electron chi connectivity index (χ1n) is 8.40. The van der Waals surface area contributed by atoms with Gasteiger partial charge in [0.15, 0.2) is 5.69 Å². The zero-order valence-electron chi connectivity index (χ0n) is 14.0. The predicted molar refractivity (Wildman–Crippen MR) is 93.5 cm³/mol. The minimum atomic E-state index is -0.193. The molecule has 1 N–H and O–H groups in total. The van der Waals surface area contributed by atoms with Gasteiger partial charge in [-0.3, -0.25) is 14.7 Å². The van der Waals surface area contributed by atoms with Crippen molar-refractivity contribution in [3.63, 3.8) is 0 Å². The number of fused-ring (bicyclic) bond motifs is 1.